The van der Waals surface area contributed by atoms with Crippen LogP contribution >= 0.6 is 11.6 Å². The number of rotatable bonds is 5. The Morgan fingerprint density at radius 1 is 1.32 bits per heavy atom. The maximum absolute atomic E-state index is 12.2. The summed E-state index contributed by atoms with van der Waals surface area (Å²) in [6, 6.07) is 8.59. The molecule has 1 heterocycles. The average molecular weight is 320 g/mol. The summed E-state index contributed by atoms with van der Waals surface area (Å²) < 4.78 is 0. The lowest BCUT2D eigenvalue weighted by Gasteiger charge is -2.13. The van der Waals surface area contributed by atoms with E-state index >= 15 is 0 Å². The second-order valence-electron chi connectivity index (χ2n) is 4.97. The van der Waals surface area contributed by atoms with Crippen LogP contribution in [0.2, 0.25) is 5.02 Å². The molecule has 116 valence electrons. The third kappa shape index (κ3) is 4.02. The molecule has 0 saturated heterocycles. The number of hydrogen-bond donors (Lipinski definition) is 2. The van der Waals surface area contributed by atoms with Gasteiger partial charge in [-0.15, -0.1) is 0 Å². The number of aryl methyl sites for hydroxylation is 2. The van der Waals surface area contributed by atoms with Crippen LogP contribution in [-0.4, -0.2) is 27.8 Å². The monoisotopic (exact) mass is 319 g/mol. The molecule has 6 heteroatoms. The van der Waals surface area contributed by atoms with Gasteiger partial charge in [-0.2, -0.15) is 10.2 Å². The predicted octanol–water partition coefficient (Wildman–Crippen LogP) is 2.46. The maximum Gasteiger partial charge on any atom is 0.253 e. The highest BCUT2D eigenvalue weighted by Crippen LogP contribution is 2.16. The van der Waals surface area contributed by atoms with Crippen molar-refractivity contribution in [3.8, 4) is 0 Å². The summed E-state index contributed by atoms with van der Waals surface area (Å²) in [4.78, 5) is 12.2. The first-order chi connectivity index (χ1) is 10.5. The lowest BCUT2D eigenvalue weighted by atomic mass is 10.1. The standard InChI is InChI=1S/C16H18ClN3O2/c1-3-13-8-14(10(2)19-20-13)16(22)18-9-15(21)11-4-6-12(17)7-5-11/h4-8,15,21H,3,9H2,1-2H3,(H,18,22)/t15-/m1/s1. The lowest BCUT2D eigenvalue weighted by Crippen LogP contribution is -2.29. The van der Waals surface area contributed by atoms with Crippen molar-refractivity contribution in [1.29, 1.82) is 0 Å². The molecular formula is C16H18ClN3O2. The predicted molar refractivity (Wildman–Crippen MR) is 84.9 cm³/mol. The fourth-order valence-electron chi connectivity index (χ4n) is 1.98. The average Bonchev–Trinajstić information content (AvgIpc) is 2.53. The van der Waals surface area contributed by atoms with Crippen LogP contribution in [0.3, 0.4) is 0 Å². The number of hydrogen-bond acceptors (Lipinski definition) is 4. The normalized spacial score (nSPS) is 12.0. The van der Waals surface area contributed by atoms with E-state index in [-0.39, 0.29) is 12.5 Å². The SMILES string of the molecule is CCc1cc(C(=O)NC[C@@H](O)c2ccc(Cl)cc2)c(C)nn1. The van der Waals surface area contributed by atoms with Gasteiger partial charge < -0.3 is 10.4 Å². The van der Waals surface area contributed by atoms with Crippen molar-refractivity contribution < 1.29 is 9.90 Å². The zero-order chi connectivity index (χ0) is 16.1. The number of nitrogens with one attached hydrogen (secondary N) is 1. The van der Waals surface area contributed by atoms with Gasteiger partial charge in [0.05, 0.1) is 23.1 Å². The highest BCUT2D eigenvalue weighted by atomic mass is 35.5. The molecule has 2 aromatic rings. The second-order valence-corrected chi connectivity index (χ2v) is 5.40. The molecule has 1 atom stereocenters. The van der Waals surface area contributed by atoms with Gasteiger partial charge in [-0.05, 0) is 37.1 Å². The number of aliphatic hydroxyl groups is 1. The zero-order valence-electron chi connectivity index (χ0n) is 12.5. The first-order valence-corrected chi connectivity index (χ1v) is 7.44. The molecule has 1 aromatic carbocycles. The van der Waals surface area contributed by atoms with Crippen LogP contribution in [0, 0.1) is 6.92 Å². The first-order valence-electron chi connectivity index (χ1n) is 7.06. The number of carbonyl (C=O) groups excluding carboxylic acids is 1. The first kappa shape index (κ1) is 16.4. The molecule has 0 aliphatic carbocycles. The lowest BCUT2D eigenvalue weighted by molar-refractivity contribution is 0.0915. The zero-order valence-corrected chi connectivity index (χ0v) is 13.3. The Bertz CT molecular complexity index is 659. The Kier molecular flexibility index (Phi) is 5.46. The van der Waals surface area contributed by atoms with Crippen molar-refractivity contribution in [2.75, 3.05) is 6.54 Å². The fourth-order valence-corrected chi connectivity index (χ4v) is 2.11. The summed E-state index contributed by atoms with van der Waals surface area (Å²) in [5, 5.41) is 21.4. The Morgan fingerprint density at radius 2 is 2.00 bits per heavy atom. The number of amides is 1. The van der Waals surface area contributed by atoms with E-state index in [2.05, 4.69) is 15.5 Å². The molecule has 0 aliphatic rings. The van der Waals surface area contributed by atoms with Crippen LogP contribution in [0.15, 0.2) is 30.3 Å². The maximum atomic E-state index is 12.2. The summed E-state index contributed by atoms with van der Waals surface area (Å²) in [5.74, 6) is -0.268. The summed E-state index contributed by atoms with van der Waals surface area (Å²) >= 11 is 5.81. The van der Waals surface area contributed by atoms with Gasteiger partial charge in [0.2, 0.25) is 0 Å². The molecule has 0 unspecified atom stereocenters. The summed E-state index contributed by atoms with van der Waals surface area (Å²) in [7, 11) is 0. The van der Waals surface area contributed by atoms with Crippen molar-refractivity contribution in [2.24, 2.45) is 0 Å². The van der Waals surface area contributed by atoms with Gasteiger partial charge >= 0.3 is 0 Å². The van der Waals surface area contributed by atoms with Gasteiger partial charge in [0.15, 0.2) is 0 Å². The van der Waals surface area contributed by atoms with Crippen LogP contribution in [0.1, 0.15) is 40.3 Å². The molecule has 5 nitrogen and oxygen atoms in total. The Morgan fingerprint density at radius 3 is 2.64 bits per heavy atom. The van der Waals surface area contributed by atoms with Gasteiger partial charge in [0, 0.05) is 11.6 Å². The minimum Gasteiger partial charge on any atom is -0.387 e. The van der Waals surface area contributed by atoms with E-state index in [1.54, 1.807) is 37.3 Å². The number of aromatic nitrogens is 2. The van der Waals surface area contributed by atoms with E-state index in [4.69, 9.17) is 11.6 Å². The molecule has 22 heavy (non-hydrogen) atoms. The molecule has 0 fully saturated rings. The van der Waals surface area contributed by atoms with Crippen molar-refractivity contribution in [2.45, 2.75) is 26.4 Å². The fraction of sp³-hybridized carbons (Fsp3) is 0.312. The summed E-state index contributed by atoms with van der Waals surface area (Å²) in [6.07, 6.45) is -0.0806. The molecule has 0 aliphatic heterocycles. The van der Waals surface area contributed by atoms with Gasteiger partial charge in [-0.25, -0.2) is 0 Å². The molecule has 0 bridgehead atoms. The van der Waals surface area contributed by atoms with Crippen LogP contribution < -0.4 is 5.32 Å². The third-order valence-electron chi connectivity index (χ3n) is 3.35. The Hall–Kier alpha value is -1.98. The van der Waals surface area contributed by atoms with E-state index < -0.39 is 6.10 Å². The highest BCUT2D eigenvalue weighted by Gasteiger charge is 2.14. The summed E-state index contributed by atoms with van der Waals surface area (Å²) in [6.45, 7) is 3.80. The third-order valence-corrected chi connectivity index (χ3v) is 3.60. The number of benzene rings is 1. The number of aliphatic hydroxyl groups excluding tert-OH is 1. The minimum atomic E-state index is -0.790. The Labute approximate surface area is 134 Å². The number of nitrogens with zero attached hydrogens (tertiary/aromatic N) is 2. The van der Waals surface area contributed by atoms with Crippen LogP contribution in [0.25, 0.3) is 0 Å². The Balaban J connectivity index is 2.02. The van der Waals surface area contributed by atoms with Gasteiger partial charge in [-0.3, -0.25) is 4.79 Å². The summed E-state index contributed by atoms with van der Waals surface area (Å²) in [5.41, 5.74) is 2.50. The molecule has 0 radical (unpaired) electrons. The largest absolute Gasteiger partial charge is 0.387 e. The molecule has 1 aromatic heterocycles. The van der Waals surface area contributed by atoms with Crippen molar-refractivity contribution in [3.63, 3.8) is 0 Å². The van der Waals surface area contributed by atoms with Crippen molar-refractivity contribution >= 4 is 17.5 Å². The van der Waals surface area contributed by atoms with Crippen LogP contribution in [0.4, 0.5) is 0 Å². The van der Waals surface area contributed by atoms with Crippen LogP contribution in [0.5, 0.6) is 0 Å². The van der Waals surface area contributed by atoms with E-state index in [0.29, 0.717) is 28.3 Å². The molecule has 2 rings (SSSR count). The van der Waals surface area contributed by atoms with E-state index in [1.165, 1.54) is 0 Å². The number of carbonyl (C=O) groups is 1. The second kappa shape index (κ2) is 7.33. The van der Waals surface area contributed by atoms with Gasteiger partial charge in [0.25, 0.3) is 5.91 Å². The van der Waals surface area contributed by atoms with E-state index in [9.17, 15) is 9.90 Å². The molecule has 0 saturated carbocycles. The quantitative estimate of drug-likeness (QED) is 0.887. The topological polar surface area (TPSA) is 75.1 Å². The molecule has 1 amide bonds. The number of halogens is 1. The van der Waals surface area contributed by atoms with Crippen molar-refractivity contribution in [3.05, 3.63) is 57.9 Å². The molecule has 2 N–H and O–H groups in total. The smallest absolute Gasteiger partial charge is 0.253 e. The molecular weight excluding hydrogens is 302 g/mol. The van der Waals surface area contributed by atoms with Gasteiger partial charge in [-0.1, -0.05) is 30.7 Å². The van der Waals surface area contributed by atoms with Gasteiger partial charge in [0.1, 0.15) is 0 Å². The highest BCUT2D eigenvalue weighted by molar-refractivity contribution is 6.30. The minimum absolute atomic E-state index is 0.115. The molecule has 0 spiro atoms. The van der Waals surface area contributed by atoms with Crippen LogP contribution in [-0.2, 0) is 6.42 Å². The van der Waals surface area contributed by atoms with E-state index in [1.807, 2.05) is 6.92 Å². The van der Waals surface area contributed by atoms with E-state index in [0.717, 1.165) is 5.69 Å². The van der Waals surface area contributed by atoms with Crippen molar-refractivity contribution in [1.82, 2.24) is 15.5 Å².